The van der Waals surface area contributed by atoms with Crippen LogP contribution in [0.3, 0.4) is 0 Å². The Kier molecular flexibility index (Phi) is 3.73. The van der Waals surface area contributed by atoms with Crippen LogP contribution in [0.4, 0.5) is 10.6 Å². The third-order valence-electron chi connectivity index (χ3n) is 3.40. The third kappa shape index (κ3) is 2.62. The van der Waals surface area contributed by atoms with Crippen LogP contribution in [0.1, 0.15) is 28.7 Å². The molecule has 0 fully saturated rings. The van der Waals surface area contributed by atoms with E-state index in [4.69, 9.17) is 0 Å². The van der Waals surface area contributed by atoms with Gasteiger partial charge in [-0.3, -0.25) is 14.9 Å². The molecule has 0 saturated carbocycles. The number of hydrogen-bond acceptors (Lipinski definition) is 4. The van der Waals surface area contributed by atoms with E-state index in [1.54, 1.807) is 29.3 Å². The minimum atomic E-state index is -0.327. The zero-order valence-electron chi connectivity index (χ0n) is 12.1. The Morgan fingerprint density at radius 3 is 2.95 bits per heavy atom. The molecular weight excluding hydrogens is 284 g/mol. The number of nitrogens with one attached hydrogen (secondary N) is 3. The summed E-state index contributed by atoms with van der Waals surface area (Å²) >= 11 is 0. The van der Waals surface area contributed by atoms with Crippen molar-refractivity contribution in [3.8, 4) is 0 Å². The molecule has 0 bridgehead atoms. The van der Waals surface area contributed by atoms with Crippen molar-refractivity contribution in [3.05, 3.63) is 41.3 Å². The molecule has 8 nitrogen and oxygen atoms in total. The molecule has 3 rings (SSSR count). The molecule has 2 aromatic heterocycles. The minimum absolute atomic E-state index is 0.130. The lowest BCUT2D eigenvalue weighted by Crippen LogP contribution is -2.36. The number of anilines is 1. The van der Waals surface area contributed by atoms with Crippen molar-refractivity contribution in [2.45, 2.75) is 20.0 Å². The monoisotopic (exact) mass is 300 g/mol. The van der Waals surface area contributed by atoms with Crippen molar-refractivity contribution in [1.82, 2.24) is 25.4 Å². The van der Waals surface area contributed by atoms with E-state index in [0.29, 0.717) is 31.1 Å². The van der Waals surface area contributed by atoms with Crippen molar-refractivity contribution in [2.24, 2.45) is 0 Å². The Morgan fingerprint density at radius 2 is 2.23 bits per heavy atom. The normalized spacial score (nSPS) is 12.9. The number of amides is 3. The average Bonchev–Trinajstić information content (AvgIpc) is 3.10. The predicted octanol–water partition coefficient (Wildman–Crippen LogP) is 1.10. The summed E-state index contributed by atoms with van der Waals surface area (Å²) in [5.74, 6) is 0.115. The number of carbonyl (C=O) groups is 2. The fourth-order valence-corrected chi connectivity index (χ4v) is 2.32. The molecule has 3 heterocycles. The smallest absolute Gasteiger partial charge is 0.318 e. The van der Waals surface area contributed by atoms with Crippen LogP contribution >= 0.6 is 0 Å². The van der Waals surface area contributed by atoms with Crippen LogP contribution in [-0.4, -0.2) is 38.6 Å². The number of hydrogen-bond donors (Lipinski definition) is 3. The highest BCUT2D eigenvalue weighted by Gasteiger charge is 2.28. The lowest BCUT2D eigenvalue weighted by molar-refractivity contribution is 0.102. The van der Waals surface area contributed by atoms with Crippen LogP contribution in [0, 0.1) is 0 Å². The highest BCUT2D eigenvalue weighted by atomic mass is 16.2. The molecular formula is C14H16N6O2. The number of rotatable bonds is 3. The van der Waals surface area contributed by atoms with Gasteiger partial charge in [0.1, 0.15) is 5.69 Å². The van der Waals surface area contributed by atoms with Gasteiger partial charge in [0.15, 0.2) is 5.82 Å². The molecule has 0 radical (unpaired) electrons. The Labute approximate surface area is 126 Å². The largest absolute Gasteiger partial charge is 0.338 e. The Bertz CT molecular complexity index is 697. The van der Waals surface area contributed by atoms with Gasteiger partial charge >= 0.3 is 6.03 Å². The van der Waals surface area contributed by atoms with E-state index < -0.39 is 0 Å². The van der Waals surface area contributed by atoms with Crippen molar-refractivity contribution in [1.29, 1.82) is 0 Å². The summed E-state index contributed by atoms with van der Waals surface area (Å²) < 4.78 is 0. The van der Waals surface area contributed by atoms with Crippen LogP contribution in [0.2, 0.25) is 0 Å². The molecule has 3 amide bonds. The first-order valence-electron chi connectivity index (χ1n) is 7.00. The van der Waals surface area contributed by atoms with Crippen molar-refractivity contribution in [3.63, 3.8) is 0 Å². The standard InChI is InChI=1S/C14H16N6O2/c1-2-15-14(22)20-7-9-11(8-20)18-19-12(9)17-13(21)10-5-3-4-6-16-10/h3-6H,2,7-8H2,1H3,(H,15,22)(H2,17,18,19,21). The van der Waals surface area contributed by atoms with E-state index in [2.05, 4.69) is 25.8 Å². The van der Waals surface area contributed by atoms with E-state index in [9.17, 15) is 9.59 Å². The lowest BCUT2D eigenvalue weighted by Gasteiger charge is -2.15. The zero-order valence-corrected chi connectivity index (χ0v) is 12.1. The van der Waals surface area contributed by atoms with Crippen molar-refractivity contribution < 1.29 is 9.59 Å². The summed E-state index contributed by atoms with van der Waals surface area (Å²) in [7, 11) is 0. The van der Waals surface area contributed by atoms with Gasteiger partial charge in [-0.2, -0.15) is 5.10 Å². The molecule has 0 spiro atoms. The number of urea groups is 1. The van der Waals surface area contributed by atoms with Crippen LogP contribution in [-0.2, 0) is 13.1 Å². The molecule has 0 unspecified atom stereocenters. The highest BCUT2D eigenvalue weighted by molar-refractivity contribution is 6.02. The molecule has 1 aliphatic rings. The molecule has 0 aliphatic carbocycles. The van der Waals surface area contributed by atoms with Gasteiger partial charge in [-0.05, 0) is 19.1 Å². The zero-order chi connectivity index (χ0) is 15.5. The van der Waals surface area contributed by atoms with Gasteiger partial charge < -0.3 is 15.5 Å². The highest BCUT2D eigenvalue weighted by Crippen LogP contribution is 2.27. The summed E-state index contributed by atoms with van der Waals surface area (Å²) in [6, 6.07) is 4.98. The second kappa shape index (κ2) is 5.84. The van der Waals surface area contributed by atoms with E-state index in [1.807, 2.05) is 6.92 Å². The number of fused-ring (bicyclic) bond motifs is 1. The van der Waals surface area contributed by atoms with E-state index in [-0.39, 0.29) is 11.9 Å². The number of aromatic amines is 1. The lowest BCUT2D eigenvalue weighted by atomic mass is 10.2. The summed E-state index contributed by atoms with van der Waals surface area (Å²) in [6.45, 7) is 3.31. The second-order valence-corrected chi connectivity index (χ2v) is 4.89. The molecule has 0 saturated heterocycles. The Hall–Kier alpha value is -2.90. The van der Waals surface area contributed by atoms with E-state index >= 15 is 0 Å². The average molecular weight is 300 g/mol. The number of pyridine rings is 1. The maximum absolute atomic E-state index is 12.1. The molecule has 0 aromatic carbocycles. The summed E-state index contributed by atoms with van der Waals surface area (Å²) in [5.41, 5.74) is 1.98. The van der Waals surface area contributed by atoms with Crippen LogP contribution in [0.25, 0.3) is 0 Å². The van der Waals surface area contributed by atoms with Gasteiger partial charge in [0.25, 0.3) is 5.91 Å². The topological polar surface area (TPSA) is 103 Å². The van der Waals surface area contributed by atoms with Gasteiger partial charge in [-0.25, -0.2) is 4.79 Å². The predicted molar refractivity (Wildman–Crippen MR) is 79.1 cm³/mol. The first-order chi connectivity index (χ1) is 10.7. The summed E-state index contributed by atoms with van der Waals surface area (Å²) in [6.07, 6.45) is 1.56. The van der Waals surface area contributed by atoms with Crippen LogP contribution in [0.5, 0.6) is 0 Å². The maximum atomic E-state index is 12.1. The molecule has 8 heteroatoms. The first kappa shape index (κ1) is 14.1. The van der Waals surface area contributed by atoms with Crippen LogP contribution < -0.4 is 10.6 Å². The quantitative estimate of drug-likeness (QED) is 0.789. The van der Waals surface area contributed by atoms with Crippen molar-refractivity contribution in [2.75, 3.05) is 11.9 Å². The minimum Gasteiger partial charge on any atom is -0.338 e. The Balaban J connectivity index is 1.72. The van der Waals surface area contributed by atoms with E-state index in [1.165, 1.54) is 0 Å². The Morgan fingerprint density at radius 1 is 1.36 bits per heavy atom. The number of nitrogens with zero attached hydrogens (tertiary/aromatic N) is 3. The van der Waals surface area contributed by atoms with Gasteiger partial charge in [0, 0.05) is 18.3 Å². The third-order valence-corrected chi connectivity index (χ3v) is 3.40. The molecule has 1 aliphatic heterocycles. The maximum Gasteiger partial charge on any atom is 0.318 e. The number of H-pyrrole nitrogens is 1. The SMILES string of the molecule is CCNC(=O)N1Cc2[nH]nc(NC(=O)c3ccccn3)c2C1. The molecule has 0 atom stereocenters. The molecule has 2 aromatic rings. The molecule has 22 heavy (non-hydrogen) atoms. The van der Waals surface area contributed by atoms with Crippen LogP contribution in [0.15, 0.2) is 24.4 Å². The van der Waals surface area contributed by atoms with E-state index in [0.717, 1.165) is 11.3 Å². The van der Waals surface area contributed by atoms with Gasteiger partial charge in [0.05, 0.1) is 18.8 Å². The summed E-state index contributed by atoms with van der Waals surface area (Å²) in [5, 5.41) is 12.4. The first-order valence-corrected chi connectivity index (χ1v) is 7.00. The van der Waals surface area contributed by atoms with Gasteiger partial charge in [-0.1, -0.05) is 6.07 Å². The van der Waals surface area contributed by atoms with Gasteiger partial charge in [0.2, 0.25) is 0 Å². The summed E-state index contributed by atoms with van der Waals surface area (Å²) in [4.78, 5) is 29.6. The molecule has 114 valence electrons. The van der Waals surface area contributed by atoms with Gasteiger partial charge in [-0.15, -0.1) is 0 Å². The van der Waals surface area contributed by atoms with Crippen molar-refractivity contribution >= 4 is 17.8 Å². The number of aromatic nitrogens is 3. The second-order valence-electron chi connectivity index (χ2n) is 4.89. The molecule has 3 N–H and O–H groups in total. The number of carbonyl (C=O) groups excluding carboxylic acids is 2. The fourth-order valence-electron chi connectivity index (χ4n) is 2.32. The fraction of sp³-hybridized carbons (Fsp3) is 0.286.